The SMILES string of the molecule is NC(=O)c1cc(F)ccc1NCC1(C(=O)O)CC1. The molecule has 0 heterocycles. The quantitative estimate of drug-likeness (QED) is 0.734. The summed E-state index contributed by atoms with van der Waals surface area (Å²) >= 11 is 0. The van der Waals surface area contributed by atoms with E-state index in [1.165, 1.54) is 12.1 Å². The van der Waals surface area contributed by atoms with Gasteiger partial charge in [0.1, 0.15) is 5.82 Å². The number of primary amides is 1. The number of hydrogen-bond donors (Lipinski definition) is 3. The first-order valence-corrected chi connectivity index (χ1v) is 5.51. The van der Waals surface area contributed by atoms with Crippen LogP contribution in [-0.4, -0.2) is 23.5 Å². The molecule has 4 N–H and O–H groups in total. The van der Waals surface area contributed by atoms with Gasteiger partial charge < -0.3 is 16.2 Å². The van der Waals surface area contributed by atoms with Gasteiger partial charge in [-0.3, -0.25) is 9.59 Å². The molecular formula is C12H13FN2O3. The number of amides is 1. The Morgan fingerprint density at radius 1 is 1.44 bits per heavy atom. The standard InChI is InChI=1S/C12H13FN2O3/c13-7-1-2-9(8(5-7)10(14)16)15-6-12(3-4-12)11(17)18/h1-2,5,15H,3-4,6H2,(H2,14,16)(H,17,18). The van der Waals surface area contributed by atoms with Crippen molar-refractivity contribution in [1.82, 2.24) is 0 Å². The lowest BCUT2D eigenvalue weighted by Gasteiger charge is -2.14. The van der Waals surface area contributed by atoms with Crippen LogP contribution in [0.25, 0.3) is 0 Å². The molecule has 0 bridgehead atoms. The highest BCUT2D eigenvalue weighted by molar-refractivity contribution is 5.98. The van der Waals surface area contributed by atoms with Gasteiger partial charge in [0.25, 0.3) is 5.91 Å². The number of halogens is 1. The highest BCUT2D eigenvalue weighted by Crippen LogP contribution is 2.45. The third kappa shape index (κ3) is 2.27. The normalized spacial score (nSPS) is 16.1. The monoisotopic (exact) mass is 252 g/mol. The zero-order valence-corrected chi connectivity index (χ0v) is 9.57. The predicted octanol–water partition coefficient (Wildman–Crippen LogP) is 1.20. The number of carbonyl (C=O) groups excluding carboxylic acids is 1. The van der Waals surface area contributed by atoms with Crippen LogP contribution in [0.4, 0.5) is 10.1 Å². The summed E-state index contributed by atoms with van der Waals surface area (Å²) in [5.74, 6) is -2.18. The molecule has 0 aromatic heterocycles. The minimum atomic E-state index is -0.863. The van der Waals surface area contributed by atoms with Crippen LogP contribution < -0.4 is 11.1 Å². The summed E-state index contributed by atoms with van der Waals surface area (Å²) in [4.78, 5) is 22.1. The average molecular weight is 252 g/mol. The zero-order chi connectivity index (χ0) is 13.3. The summed E-state index contributed by atoms with van der Waals surface area (Å²) < 4.78 is 13.0. The van der Waals surface area contributed by atoms with Crippen molar-refractivity contribution in [3.8, 4) is 0 Å². The molecule has 0 aliphatic heterocycles. The van der Waals surface area contributed by atoms with Crippen molar-refractivity contribution in [3.63, 3.8) is 0 Å². The molecule has 1 aromatic carbocycles. The summed E-state index contributed by atoms with van der Waals surface area (Å²) in [6.45, 7) is 0.203. The Balaban J connectivity index is 2.15. The number of aliphatic carboxylic acids is 1. The van der Waals surface area contributed by atoms with E-state index in [2.05, 4.69) is 5.32 Å². The molecule has 0 atom stereocenters. The maximum Gasteiger partial charge on any atom is 0.311 e. The van der Waals surface area contributed by atoms with Crippen LogP contribution >= 0.6 is 0 Å². The minimum Gasteiger partial charge on any atom is -0.481 e. The van der Waals surface area contributed by atoms with E-state index in [-0.39, 0.29) is 12.1 Å². The average Bonchev–Trinajstić information content (AvgIpc) is 3.08. The van der Waals surface area contributed by atoms with E-state index in [1.807, 2.05) is 0 Å². The second-order valence-corrected chi connectivity index (χ2v) is 4.49. The Hall–Kier alpha value is -2.11. The van der Waals surface area contributed by atoms with Crippen LogP contribution in [0.15, 0.2) is 18.2 Å². The van der Waals surface area contributed by atoms with Gasteiger partial charge in [0, 0.05) is 12.2 Å². The van der Waals surface area contributed by atoms with Gasteiger partial charge in [-0.05, 0) is 31.0 Å². The van der Waals surface area contributed by atoms with Gasteiger partial charge in [0.05, 0.1) is 11.0 Å². The van der Waals surface area contributed by atoms with Crippen molar-refractivity contribution in [2.24, 2.45) is 11.1 Å². The summed E-state index contributed by atoms with van der Waals surface area (Å²) in [6, 6.07) is 3.60. The number of benzene rings is 1. The fraction of sp³-hybridized carbons (Fsp3) is 0.333. The van der Waals surface area contributed by atoms with Crippen molar-refractivity contribution >= 4 is 17.6 Å². The second-order valence-electron chi connectivity index (χ2n) is 4.49. The number of nitrogens with two attached hydrogens (primary N) is 1. The van der Waals surface area contributed by atoms with Gasteiger partial charge >= 0.3 is 5.97 Å². The third-order valence-electron chi connectivity index (χ3n) is 3.17. The molecule has 1 aromatic rings. The van der Waals surface area contributed by atoms with Crippen molar-refractivity contribution in [3.05, 3.63) is 29.6 Å². The molecule has 5 nitrogen and oxygen atoms in total. The highest BCUT2D eigenvalue weighted by Gasteiger charge is 2.50. The number of nitrogens with one attached hydrogen (secondary N) is 1. The molecule has 2 rings (SSSR count). The lowest BCUT2D eigenvalue weighted by Crippen LogP contribution is -2.25. The predicted molar refractivity (Wildman–Crippen MR) is 62.7 cm³/mol. The van der Waals surface area contributed by atoms with E-state index in [0.717, 1.165) is 6.07 Å². The first-order valence-electron chi connectivity index (χ1n) is 5.51. The number of carboxylic acids is 1. The fourth-order valence-electron chi connectivity index (χ4n) is 1.76. The molecule has 18 heavy (non-hydrogen) atoms. The van der Waals surface area contributed by atoms with Gasteiger partial charge in [-0.15, -0.1) is 0 Å². The van der Waals surface area contributed by atoms with Crippen LogP contribution in [0.2, 0.25) is 0 Å². The van der Waals surface area contributed by atoms with Gasteiger partial charge in [-0.2, -0.15) is 0 Å². The van der Waals surface area contributed by atoms with Crippen LogP contribution in [0.1, 0.15) is 23.2 Å². The Labute approximate surface area is 103 Å². The van der Waals surface area contributed by atoms with Crippen LogP contribution in [-0.2, 0) is 4.79 Å². The number of anilines is 1. The molecule has 1 fully saturated rings. The topological polar surface area (TPSA) is 92.4 Å². The maximum atomic E-state index is 13.0. The molecule has 1 saturated carbocycles. The third-order valence-corrected chi connectivity index (χ3v) is 3.17. The van der Waals surface area contributed by atoms with Gasteiger partial charge in [0.15, 0.2) is 0 Å². The summed E-state index contributed by atoms with van der Waals surface area (Å²) in [5, 5.41) is 11.9. The molecule has 1 aliphatic rings. The fourth-order valence-corrected chi connectivity index (χ4v) is 1.76. The zero-order valence-electron chi connectivity index (χ0n) is 9.57. The van der Waals surface area contributed by atoms with E-state index < -0.39 is 23.1 Å². The van der Waals surface area contributed by atoms with Crippen molar-refractivity contribution in [1.29, 1.82) is 0 Å². The molecule has 0 saturated heterocycles. The van der Waals surface area contributed by atoms with E-state index in [1.54, 1.807) is 0 Å². The summed E-state index contributed by atoms with van der Waals surface area (Å²) in [7, 11) is 0. The Bertz CT molecular complexity index is 512. The van der Waals surface area contributed by atoms with Crippen LogP contribution in [0.3, 0.4) is 0 Å². The Kier molecular flexibility index (Phi) is 2.94. The molecule has 6 heteroatoms. The van der Waals surface area contributed by atoms with E-state index in [9.17, 15) is 14.0 Å². The lowest BCUT2D eigenvalue weighted by atomic mass is 10.1. The Morgan fingerprint density at radius 2 is 2.11 bits per heavy atom. The largest absolute Gasteiger partial charge is 0.481 e. The first kappa shape index (κ1) is 12.3. The highest BCUT2D eigenvalue weighted by atomic mass is 19.1. The van der Waals surface area contributed by atoms with Gasteiger partial charge in [-0.25, -0.2) is 4.39 Å². The summed E-state index contributed by atoms with van der Waals surface area (Å²) in [5.41, 5.74) is 4.76. The van der Waals surface area contributed by atoms with E-state index in [0.29, 0.717) is 18.5 Å². The molecule has 96 valence electrons. The molecule has 1 aliphatic carbocycles. The second kappa shape index (κ2) is 4.29. The van der Waals surface area contributed by atoms with Gasteiger partial charge in [-0.1, -0.05) is 0 Å². The van der Waals surface area contributed by atoms with Crippen molar-refractivity contribution in [2.75, 3.05) is 11.9 Å². The minimum absolute atomic E-state index is 0.0242. The van der Waals surface area contributed by atoms with Crippen LogP contribution in [0.5, 0.6) is 0 Å². The smallest absolute Gasteiger partial charge is 0.311 e. The van der Waals surface area contributed by atoms with Crippen molar-refractivity contribution in [2.45, 2.75) is 12.8 Å². The summed E-state index contributed by atoms with van der Waals surface area (Å²) in [6.07, 6.45) is 1.20. The lowest BCUT2D eigenvalue weighted by molar-refractivity contribution is -0.142. The number of rotatable bonds is 5. The first-order chi connectivity index (χ1) is 8.44. The van der Waals surface area contributed by atoms with E-state index >= 15 is 0 Å². The molecule has 0 unspecified atom stereocenters. The molecule has 0 spiro atoms. The van der Waals surface area contributed by atoms with E-state index in [4.69, 9.17) is 10.8 Å². The molecule has 1 amide bonds. The van der Waals surface area contributed by atoms with Gasteiger partial charge in [0.2, 0.25) is 0 Å². The Morgan fingerprint density at radius 3 is 2.61 bits per heavy atom. The van der Waals surface area contributed by atoms with Crippen LogP contribution in [0, 0.1) is 11.2 Å². The number of carbonyl (C=O) groups is 2. The maximum absolute atomic E-state index is 13.0. The number of carboxylic acid groups (broad SMARTS) is 1. The molecule has 0 radical (unpaired) electrons. The van der Waals surface area contributed by atoms with Crippen molar-refractivity contribution < 1.29 is 19.1 Å². The molecular weight excluding hydrogens is 239 g/mol. The number of hydrogen-bond acceptors (Lipinski definition) is 3.